The van der Waals surface area contributed by atoms with E-state index in [0.29, 0.717) is 6.10 Å². The molecule has 1 aliphatic rings. The molecule has 1 saturated heterocycles. The van der Waals surface area contributed by atoms with Crippen LogP contribution in [0.5, 0.6) is 0 Å². The molecule has 0 bridgehead atoms. The average Bonchev–Trinajstić information content (AvgIpc) is 2.18. The van der Waals surface area contributed by atoms with Gasteiger partial charge in [0, 0.05) is 25.5 Å². The largest absolute Gasteiger partial charge is 0.378 e. The molecular formula is C11H13BrClNO. The van der Waals surface area contributed by atoms with Crippen molar-refractivity contribution in [3.63, 3.8) is 0 Å². The van der Waals surface area contributed by atoms with Crippen molar-refractivity contribution >= 4 is 33.2 Å². The maximum Gasteiger partial charge on any atom is 0.0920 e. The molecule has 0 amide bonds. The van der Waals surface area contributed by atoms with E-state index in [0.717, 1.165) is 29.1 Å². The van der Waals surface area contributed by atoms with Crippen molar-refractivity contribution in [3.05, 3.63) is 28.8 Å². The van der Waals surface area contributed by atoms with Crippen LogP contribution in [0.25, 0.3) is 0 Å². The quantitative estimate of drug-likeness (QED) is 0.793. The van der Waals surface area contributed by atoms with Gasteiger partial charge in [0.15, 0.2) is 0 Å². The third-order valence-corrected chi connectivity index (χ3v) is 3.64. The number of nitrogens with zero attached hydrogens (tertiary/aromatic N) is 1. The third-order valence-electron chi connectivity index (χ3n) is 2.69. The van der Waals surface area contributed by atoms with Gasteiger partial charge in [0.2, 0.25) is 0 Å². The van der Waals surface area contributed by atoms with E-state index in [1.54, 1.807) is 7.11 Å². The molecule has 0 aromatic heterocycles. The van der Waals surface area contributed by atoms with Crippen LogP contribution in [0.1, 0.15) is 5.56 Å². The number of hydrogen-bond donors (Lipinski definition) is 0. The Morgan fingerprint density at radius 1 is 1.53 bits per heavy atom. The minimum Gasteiger partial charge on any atom is -0.378 e. The molecule has 2 nitrogen and oxygen atoms in total. The number of halogens is 2. The molecule has 1 aliphatic heterocycles. The van der Waals surface area contributed by atoms with Gasteiger partial charge in [-0.3, -0.25) is 0 Å². The number of methoxy groups -OCH3 is 1. The summed E-state index contributed by atoms with van der Waals surface area (Å²) in [7, 11) is 1.75. The van der Waals surface area contributed by atoms with Crippen LogP contribution in [0, 0.1) is 0 Å². The molecule has 1 aromatic rings. The lowest BCUT2D eigenvalue weighted by Crippen LogP contribution is -2.52. The van der Waals surface area contributed by atoms with Gasteiger partial charge < -0.3 is 9.64 Å². The predicted octanol–water partition coefficient (Wildman–Crippen LogP) is 3.07. The highest BCUT2D eigenvalue weighted by molar-refractivity contribution is 9.08. The first-order valence-electron chi connectivity index (χ1n) is 4.86. The second kappa shape index (κ2) is 4.73. The van der Waals surface area contributed by atoms with Gasteiger partial charge in [-0.05, 0) is 17.7 Å². The van der Waals surface area contributed by atoms with Crippen molar-refractivity contribution in [1.29, 1.82) is 0 Å². The number of anilines is 1. The summed E-state index contributed by atoms with van der Waals surface area (Å²) in [5.41, 5.74) is 2.31. The van der Waals surface area contributed by atoms with Crippen LogP contribution in [0.3, 0.4) is 0 Å². The third kappa shape index (κ3) is 2.30. The van der Waals surface area contributed by atoms with Gasteiger partial charge >= 0.3 is 0 Å². The van der Waals surface area contributed by atoms with Gasteiger partial charge in [-0.2, -0.15) is 0 Å². The van der Waals surface area contributed by atoms with E-state index in [9.17, 15) is 0 Å². The highest BCUT2D eigenvalue weighted by atomic mass is 79.9. The maximum atomic E-state index is 6.20. The van der Waals surface area contributed by atoms with E-state index in [1.165, 1.54) is 5.56 Å². The summed E-state index contributed by atoms with van der Waals surface area (Å²) >= 11 is 9.62. The molecule has 2 rings (SSSR count). The fourth-order valence-electron chi connectivity index (χ4n) is 1.67. The lowest BCUT2D eigenvalue weighted by atomic mass is 10.1. The van der Waals surface area contributed by atoms with Crippen LogP contribution in [-0.4, -0.2) is 26.3 Å². The van der Waals surface area contributed by atoms with Crippen LogP contribution < -0.4 is 4.90 Å². The van der Waals surface area contributed by atoms with Crippen LogP contribution in [0.4, 0.5) is 5.69 Å². The summed E-state index contributed by atoms with van der Waals surface area (Å²) in [5, 5.41) is 1.66. The summed E-state index contributed by atoms with van der Waals surface area (Å²) in [4.78, 5) is 2.23. The molecule has 0 spiro atoms. The molecule has 15 heavy (non-hydrogen) atoms. The van der Waals surface area contributed by atoms with Crippen molar-refractivity contribution in [3.8, 4) is 0 Å². The highest BCUT2D eigenvalue weighted by Crippen LogP contribution is 2.31. The number of benzene rings is 1. The van der Waals surface area contributed by atoms with Crippen molar-refractivity contribution in [2.45, 2.75) is 11.4 Å². The van der Waals surface area contributed by atoms with E-state index in [4.69, 9.17) is 16.3 Å². The van der Waals surface area contributed by atoms with E-state index in [-0.39, 0.29) is 0 Å². The van der Waals surface area contributed by atoms with Crippen molar-refractivity contribution < 1.29 is 4.74 Å². The van der Waals surface area contributed by atoms with Crippen LogP contribution in [0.15, 0.2) is 18.2 Å². The molecule has 0 unspecified atom stereocenters. The average molecular weight is 291 g/mol. The van der Waals surface area contributed by atoms with Crippen LogP contribution in [-0.2, 0) is 10.1 Å². The lowest BCUT2D eigenvalue weighted by Gasteiger charge is -2.40. The molecule has 1 fully saturated rings. The Labute approximate surface area is 103 Å². The predicted molar refractivity (Wildman–Crippen MR) is 67.1 cm³/mol. The zero-order valence-corrected chi connectivity index (χ0v) is 10.9. The van der Waals surface area contributed by atoms with E-state index in [2.05, 4.69) is 33.0 Å². The molecule has 0 N–H and O–H groups in total. The van der Waals surface area contributed by atoms with E-state index >= 15 is 0 Å². The Morgan fingerprint density at radius 2 is 2.27 bits per heavy atom. The minimum atomic E-state index is 0.358. The van der Waals surface area contributed by atoms with E-state index < -0.39 is 0 Å². The Balaban J connectivity index is 2.10. The number of ether oxygens (including phenoxy) is 1. The first kappa shape index (κ1) is 11.2. The molecule has 1 heterocycles. The zero-order valence-electron chi connectivity index (χ0n) is 8.54. The molecule has 0 atom stereocenters. The Kier molecular flexibility index (Phi) is 3.54. The summed E-state index contributed by atoms with van der Waals surface area (Å²) in [6, 6.07) is 6.17. The Bertz CT molecular complexity index is 352. The Morgan fingerprint density at radius 3 is 2.80 bits per heavy atom. The molecule has 1 aromatic carbocycles. The first-order valence-corrected chi connectivity index (χ1v) is 6.36. The van der Waals surface area contributed by atoms with Gasteiger partial charge in [-0.1, -0.05) is 33.6 Å². The second-order valence-electron chi connectivity index (χ2n) is 3.68. The normalized spacial score (nSPS) is 16.6. The smallest absolute Gasteiger partial charge is 0.0920 e. The minimum absolute atomic E-state index is 0.358. The molecule has 0 aliphatic carbocycles. The molecule has 0 radical (unpaired) electrons. The van der Waals surface area contributed by atoms with Crippen LogP contribution >= 0.6 is 27.5 Å². The lowest BCUT2D eigenvalue weighted by molar-refractivity contribution is 0.0788. The molecular weight excluding hydrogens is 277 g/mol. The van der Waals surface area contributed by atoms with Crippen molar-refractivity contribution in [2.75, 3.05) is 25.1 Å². The fourth-order valence-corrected chi connectivity index (χ4v) is 2.35. The van der Waals surface area contributed by atoms with Crippen LogP contribution in [0.2, 0.25) is 5.02 Å². The van der Waals surface area contributed by atoms with Crippen molar-refractivity contribution in [2.24, 2.45) is 0 Å². The molecule has 82 valence electrons. The fraction of sp³-hybridized carbons (Fsp3) is 0.455. The van der Waals surface area contributed by atoms with Crippen molar-refractivity contribution in [1.82, 2.24) is 0 Å². The topological polar surface area (TPSA) is 12.5 Å². The second-order valence-corrected chi connectivity index (χ2v) is 4.65. The monoisotopic (exact) mass is 289 g/mol. The first-order chi connectivity index (χ1) is 7.24. The summed E-state index contributed by atoms with van der Waals surface area (Å²) in [6.45, 7) is 1.87. The SMILES string of the molecule is COC1CN(c2ccc(CBr)cc2Cl)C1. The number of hydrogen-bond acceptors (Lipinski definition) is 2. The maximum absolute atomic E-state index is 6.20. The standard InChI is InChI=1S/C11H13BrClNO/c1-15-9-6-14(7-9)11-3-2-8(5-12)4-10(11)13/h2-4,9H,5-7H2,1H3. The molecule has 4 heteroatoms. The van der Waals surface area contributed by atoms with Gasteiger partial charge in [0.1, 0.15) is 0 Å². The van der Waals surface area contributed by atoms with Gasteiger partial charge in [-0.25, -0.2) is 0 Å². The van der Waals surface area contributed by atoms with Gasteiger partial charge in [-0.15, -0.1) is 0 Å². The molecule has 0 saturated carbocycles. The van der Waals surface area contributed by atoms with E-state index in [1.807, 2.05) is 6.07 Å². The Hall–Kier alpha value is -0.250. The van der Waals surface area contributed by atoms with Gasteiger partial charge in [0.05, 0.1) is 16.8 Å². The summed E-state index contributed by atoms with van der Waals surface area (Å²) in [6.07, 6.45) is 0.358. The number of alkyl halides is 1. The zero-order chi connectivity index (χ0) is 10.8. The summed E-state index contributed by atoms with van der Waals surface area (Å²) < 4.78 is 5.23. The number of rotatable bonds is 3. The highest BCUT2D eigenvalue weighted by Gasteiger charge is 2.27. The summed E-state index contributed by atoms with van der Waals surface area (Å²) in [5.74, 6) is 0. The van der Waals surface area contributed by atoms with Gasteiger partial charge in [0.25, 0.3) is 0 Å².